The van der Waals surface area contributed by atoms with Gasteiger partial charge in [-0.15, -0.1) is 0 Å². The van der Waals surface area contributed by atoms with Crippen molar-refractivity contribution in [2.24, 2.45) is 5.10 Å². The Morgan fingerprint density at radius 3 is 2.60 bits per heavy atom. The smallest absolute Gasteiger partial charge is 0.244 e. The van der Waals surface area contributed by atoms with E-state index in [-0.39, 0.29) is 5.91 Å². The zero-order valence-corrected chi connectivity index (χ0v) is 15.1. The fourth-order valence-electron chi connectivity index (χ4n) is 2.36. The maximum atomic E-state index is 12.0. The molecule has 0 aliphatic rings. The van der Waals surface area contributed by atoms with Gasteiger partial charge in [0.15, 0.2) is 11.5 Å². The standard InChI is InChI=1S/C20H24N2O3/c1-5-25-19-11-17(8-9-18(19)24-4)13-21-22-20(23)12-16-7-6-14(2)15(3)10-16/h6-11,13H,5,12H2,1-4H3,(H,22,23)/b21-13-. The number of ether oxygens (including phenoxy) is 2. The van der Waals surface area contributed by atoms with Gasteiger partial charge in [0, 0.05) is 0 Å². The Hall–Kier alpha value is -2.82. The summed E-state index contributed by atoms with van der Waals surface area (Å²) in [6.07, 6.45) is 1.88. The van der Waals surface area contributed by atoms with E-state index in [1.807, 2.05) is 50.2 Å². The lowest BCUT2D eigenvalue weighted by molar-refractivity contribution is -0.120. The number of rotatable bonds is 7. The van der Waals surface area contributed by atoms with Crippen molar-refractivity contribution in [1.29, 1.82) is 0 Å². The Balaban J connectivity index is 1.96. The van der Waals surface area contributed by atoms with Crippen LogP contribution in [0.5, 0.6) is 11.5 Å². The van der Waals surface area contributed by atoms with Crippen LogP contribution in [0.2, 0.25) is 0 Å². The summed E-state index contributed by atoms with van der Waals surface area (Å²) in [6.45, 7) is 6.54. The first-order valence-electron chi connectivity index (χ1n) is 8.22. The number of carbonyl (C=O) groups excluding carboxylic acids is 1. The Morgan fingerprint density at radius 1 is 1.12 bits per heavy atom. The van der Waals surface area contributed by atoms with E-state index in [2.05, 4.69) is 17.5 Å². The number of nitrogens with one attached hydrogen (secondary N) is 1. The van der Waals surface area contributed by atoms with E-state index in [1.165, 1.54) is 11.1 Å². The van der Waals surface area contributed by atoms with Crippen LogP contribution in [0, 0.1) is 13.8 Å². The van der Waals surface area contributed by atoms with Crippen LogP contribution < -0.4 is 14.9 Å². The van der Waals surface area contributed by atoms with Gasteiger partial charge in [-0.05, 0) is 61.2 Å². The molecule has 0 aliphatic carbocycles. The summed E-state index contributed by atoms with van der Waals surface area (Å²) in [7, 11) is 1.60. The molecule has 1 amide bonds. The molecule has 132 valence electrons. The molecular weight excluding hydrogens is 316 g/mol. The SMILES string of the molecule is CCOc1cc(/C=N\NC(=O)Cc2ccc(C)c(C)c2)ccc1OC. The lowest BCUT2D eigenvalue weighted by atomic mass is 10.0. The molecule has 5 heteroatoms. The van der Waals surface area contributed by atoms with E-state index >= 15 is 0 Å². The van der Waals surface area contributed by atoms with Gasteiger partial charge in [-0.1, -0.05) is 18.2 Å². The van der Waals surface area contributed by atoms with Crippen LogP contribution in [0.3, 0.4) is 0 Å². The highest BCUT2D eigenvalue weighted by Gasteiger charge is 2.05. The first-order chi connectivity index (χ1) is 12.0. The van der Waals surface area contributed by atoms with Gasteiger partial charge in [0.2, 0.25) is 5.91 Å². The molecule has 0 fully saturated rings. The lowest BCUT2D eigenvalue weighted by Crippen LogP contribution is -2.19. The average molecular weight is 340 g/mol. The van der Waals surface area contributed by atoms with Crippen LogP contribution >= 0.6 is 0 Å². The molecule has 0 aliphatic heterocycles. The lowest BCUT2D eigenvalue weighted by Gasteiger charge is -2.09. The molecular formula is C20H24N2O3. The van der Waals surface area contributed by atoms with Crippen LogP contribution in [-0.2, 0) is 11.2 Å². The highest BCUT2D eigenvalue weighted by atomic mass is 16.5. The maximum absolute atomic E-state index is 12.0. The van der Waals surface area contributed by atoms with E-state index in [1.54, 1.807) is 13.3 Å². The predicted molar refractivity (Wildman–Crippen MR) is 99.5 cm³/mol. The van der Waals surface area contributed by atoms with Crippen LogP contribution in [0.15, 0.2) is 41.5 Å². The van der Waals surface area contributed by atoms with Crippen molar-refractivity contribution in [2.75, 3.05) is 13.7 Å². The molecule has 2 rings (SSSR count). The number of nitrogens with zero attached hydrogens (tertiary/aromatic N) is 1. The van der Waals surface area contributed by atoms with E-state index in [0.717, 1.165) is 11.1 Å². The number of hydrogen-bond acceptors (Lipinski definition) is 4. The quantitative estimate of drug-likeness (QED) is 0.621. The summed E-state index contributed by atoms with van der Waals surface area (Å²) in [6, 6.07) is 11.5. The Kier molecular flexibility index (Phi) is 6.57. The first-order valence-corrected chi connectivity index (χ1v) is 8.22. The summed E-state index contributed by atoms with van der Waals surface area (Å²) < 4.78 is 10.8. The Bertz CT molecular complexity index is 770. The highest BCUT2D eigenvalue weighted by molar-refractivity contribution is 5.84. The molecule has 0 spiro atoms. The second-order valence-corrected chi connectivity index (χ2v) is 5.73. The van der Waals surface area contributed by atoms with Crippen molar-refractivity contribution >= 4 is 12.1 Å². The number of methoxy groups -OCH3 is 1. The molecule has 0 aromatic heterocycles. The normalized spacial score (nSPS) is 10.7. The van der Waals surface area contributed by atoms with Crippen LogP contribution in [0.1, 0.15) is 29.2 Å². The van der Waals surface area contributed by atoms with Crippen molar-refractivity contribution in [2.45, 2.75) is 27.2 Å². The van der Waals surface area contributed by atoms with Gasteiger partial charge in [-0.3, -0.25) is 4.79 Å². The highest BCUT2D eigenvalue weighted by Crippen LogP contribution is 2.27. The molecule has 5 nitrogen and oxygen atoms in total. The van der Waals surface area contributed by atoms with Crippen molar-refractivity contribution in [3.63, 3.8) is 0 Å². The number of aryl methyl sites for hydroxylation is 2. The summed E-state index contributed by atoms with van der Waals surface area (Å²) in [5.74, 6) is 1.16. The van der Waals surface area contributed by atoms with E-state index in [0.29, 0.717) is 24.5 Å². The fraction of sp³-hybridized carbons (Fsp3) is 0.300. The van der Waals surface area contributed by atoms with Crippen LogP contribution in [-0.4, -0.2) is 25.8 Å². The van der Waals surface area contributed by atoms with Gasteiger partial charge in [-0.25, -0.2) is 5.43 Å². The number of carbonyl (C=O) groups is 1. The van der Waals surface area contributed by atoms with E-state index < -0.39 is 0 Å². The molecule has 0 saturated carbocycles. The molecule has 2 aromatic carbocycles. The molecule has 0 bridgehead atoms. The predicted octanol–water partition coefficient (Wildman–Crippen LogP) is 3.40. The van der Waals surface area contributed by atoms with Crippen LogP contribution in [0.25, 0.3) is 0 Å². The number of benzene rings is 2. The second kappa shape index (κ2) is 8.87. The zero-order valence-electron chi connectivity index (χ0n) is 15.1. The topological polar surface area (TPSA) is 59.9 Å². The van der Waals surface area contributed by atoms with Gasteiger partial charge in [0.1, 0.15) is 0 Å². The Labute approximate surface area is 148 Å². The maximum Gasteiger partial charge on any atom is 0.244 e. The summed E-state index contributed by atoms with van der Waals surface area (Å²) in [4.78, 5) is 12.0. The van der Waals surface area contributed by atoms with E-state index in [9.17, 15) is 4.79 Å². The minimum Gasteiger partial charge on any atom is -0.493 e. The first kappa shape index (κ1) is 18.5. The third kappa shape index (κ3) is 5.35. The van der Waals surface area contributed by atoms with Crippen molar-refractivity contribution in [3.8, 4) is 11.5 Å². The molecule has 1 N–H and O–H groups in total. The number of amides is 1. The summed E-state index contributed by atoms with van der Waals surface area (Å²) in [5.41, 5.74) is 6.73. The molecule has 2 aromatic rings. The third-order valence-electron chi connectivity index (χ3n) is 3.83. The summed E-state index contributed by atoms with van der Waals surface area (Å²) in [5, 5.41) is 4.01. The fourth-order valence-corrected chi connectivity index (χ4v) is 2.36. The summed E-state index contributed by atoms with van der Waals surface area (Å²) >= 11 is 0. The minimum absolute atomic E-state index is 0.155. The second-order valence-electron chi connectivity index (χ2n) is 5.73. The number of hydrogen-bond donors (Lipinski definition) is 1. The van der Waals surface area contributed by atoms with Crippen molar-refractivity contribution in [3.05, 3.63) is 58.7 Å². The molecule has 0 saturated heterocycles. The van der Waals surface area contributed by atoms with Gasteiger partial charge in [0.05, 0.1) is 26.4 Å². The van der Waals surface area contributed by atoms with E-state index in [4.69, 9.17) is 9.47 Å². The Morgan fingerprint density at radius 2 is 1.92 bits per heavy atom. The molecule has 25 heavy (non-hydrogen) atoms. The molecule has 0 atom stereocenters. The molecule has 0 unspecified atom stereocenters. The monoisotopic (exact) mass is 340 g/mol. The minimum atomic E-state index is -0.155. The molecule has 0 radical (unpaired) electrons. The van der Waals surface area contributed by atoms with Gasteiger partial charge in [0.25, 0.3) is 0 Å². The van der Waals surface area contributed by atoms with Gasteiger partial charge < -0.3 is 9.47 Å². The molecule has 0 heterocycles. The van der Waals surface area contributed by atoms with Crippen molar-refractivity contribution in [1.82, 2.24) is 5.43 Å². The zero-order chi connectivity index (χ0) is 18.2. The van der Waals surface area contributed by atoms with Gasteiger partial charge in [-0.2, -0.15) is 5.10 Å². The van der Waals surface area contributed by atoms with Gasteiger partial charge >= 0.3 is 0 Å². The third-order valence-corrected chi connectivity index (χ3v) is 3.83. The number of hydrazone groups is 1. The van der Waals surface area contributed by atoms with Crippen LogP contribution in [0.4, 0.5) is 0 Å². The largest absolute Gasteiger partial charge is 0.493 e. The average Bonchev–Trinajstić information content (AvgIpc) is 2.59. The van der Waals surface area contributed by atoms with Crippen molar-refractivity contribution < 1.29 is 14.3 Å².